The number of ether oxygens (including phenoxy) is 1. The van der Waals surface area contributed by atoms with E-state index in [-0.39, 0.29) is 0 Å². The zero-order chi connectivity index (χ0) is 25.5. The average molecular weight is 492 g/mol. The van der Waals surface area contributed by atoms with Crippen LogP contribution in [0.1, 0.15) is 48.1 Å². The predicted octanol–water partition coefficient (Wildman–Crippen LogP) is 5.54. The van der Waals surface area contributed by atoms with E-state index in [2.05, 4.69) is 62.9 Å². The van der Waals surface area contributed by atoms with Crippen molar-refractivity contribution in [2.45, 2.75) is 46.1 Å². The summed E-state index contributed by atoms with van der Waals surface area (Å²) in [6, 6.07) is 22.3. The second-order valence-electron chi connectivity index (χ2n) is 8.88. The van der Waals surface area contributed by atoms with Gasteiger partial charge in [0.1, 0.15) is 12.4 Å². The van der Waals surface area contributed by atoms with Crippen molar-refractivity contribution in [1.82, 2.24) is 35.6 Å². The van der Waals surface area contributed by atoms with Crippen molar-refractivity contribution in [2.75, 3.05) is 0 Å². The number of benzene rings is 2. The Morgan fingerprint density at radius 3 is 2.43 bits per heavy atom. The molecule has 0 unspecified atom stereocenters. The van der Waals surface area contributed by atoms with Crippen molar-refractivity contribution >= 4 is 0 Å². The molecule has 0 atom stereocenters. The fourth-order valence-corrected chi connectivity index (χ4v) is 4.22. The predicted molar refractivity (Wildman–Crippen MR) is 142 cm³/mol. The molecule has 0 amide bonds. The highest BCUT2D eigenvalue weighted by Crippen LogP contribution is 2.30. The summed E-state index contributed by atoms with van der Waals surface area (Å²) in [4.78, 5) is 14.0. The van der Waals surface area contributed by atoms with Crippen molar-refractivity contribution < 1.29 is 4.74 Å². The monoisotopic (exact) mass is 491 g/mol. The van der Waals surface area contributed by atoms with Gasteiger partial charge in [0.05, 0.1) is 0 Å². The van der Waals surface area contributed by atoms with Gasteiger partial charge in [-0.25, -0.2) is 4.98 Å². The Hall–Kier alpha value is -4.46. The molecular weight excluding hydrogens is 462 g/mol. The molecule has 0 spiro atoms. The van der Waals surface area contributed by atoms with Crippen LogP contribution < -0.4 is 4.74 Å². The molecule has 37 heavy (non-hydrogen) atoms. The summed E-state index contributed by atoms with van der Waals surface area (Å²) in [5.74, 6) is 2.03. The minimum atomic E-state index is 0.408. The van der Waals surface area contributed by atoms with Gasteiger partial charge < -0.3 is 4.74 Å². The highest BCUT2D eigenvalue weighted by molar-refractivity contribution is 5.80. The highest BCUT2D eigenvalue weighted by Gasteiger charge is 2.15. The molecule has 3 aromatic heterocycles. The van der Waals surface area contributed by atoms with Crippen molar-refractivity contribution in [3.8, 4) is 28.4 Å². The van der Waals surface area contributed by atoms with E-state index in [1.165, 1.54) is 0 Å². The lowest BCUT2D eigenvalue weighted by Gasteiger charge is -2.15. The zero-order valence-corrected chi connectivity index (χ0v) is 21.1. The van der Waals surface area contributed by atoms with Gasteiger partial charge in [-0.15, -0.1) is 10.2 Å². The van der Waals surface area contributed by atoms with Crippen molar-refractivity contribution in [3.63, 3.8) is 0 Å². The summed E-state index contributed by atoms with van der Waals surface area (Å²) in [6.07, 6.45) is 5.41. The van der Waals surface area contributed by atoms with Gasteiger partial charge in [-0.2, -0.15) is 10.2 Å². The van der Waals surface area contributed by atoms with Gasteiger partial charge in [0.2, 0.25) is 11.7 Å². The first-order valence-electron chi connectivity index (χ1n) is 12.5. The minimum Gasteiger partial charge on any atom is -0.472 e. The third kappa shape index (κ3) is 5.86. The summed E-state index contributed by atoms with van der Waals surface area (Å²) in [5.41, 5.74) is 6.97. The second kappa shape index (κ2) is 11.5. The molecule has 8 nitrogen and oxygen atoms in total. The smallest absolute Gasteiger partial charge is 0.220 e. The number of hydrogen-bond acceptors (Lipinski definition) is 7. The summed E-state index contributed by atoms with van der Waals surface area (Å²) < 4.78 is 6.31. The average Bonchev–Trinajstić information content (AvgIpc) is 3.48. The van der Waals surface area contributed by atoms with E-state index in [1.54, 1.807) is 6.20 Å². The number of tetrazole rings is 1. The summed E-state index contributed by atoms with van der Waals surface area (Å²) in [7, 11) is 0. The van der Waals surface area contributed by atoms with Crippen LogP contribution in [-0.2, 0) is 19.4 Å². The molecule has 0 fully saturated rings. The van der Waals surface area contributed by atoms with Gasteiger partial charge in [0.15, 0.2) is 0 Å². The standard InChI is InChI=1S/C29H29N7O/c1-3-4-12-27-31-20(2)26(18-23-9-7-8-17-30-23)29(32-27)37-19-21-13-15-22(16-14-21)24-10-5-6-11-25(24)28-33-35-36-34-28/h5-11,13-17H,3-4,12,18-19H2,1-2H3,(H,33,34,35,36). The molecule has 5 rings (SSSR count). The van der Waals surface area contributed by atoms with Crippen molar-refractivity contribution in [1.29, 1.82) is 0 Å². The largest absolute Gasteiger partial charge is 0.472 e. The van der Waals surface area contributed by atoms with E-state index >= 15 is 0 Å². The number of H-pyrrole nitrogens is 1. The summed E-state index contributed by atoms with van der Waals surface area (Å²) in [5, 5.41) is 14.5. The normalized spacial score (nSPS) is 11.0. The van der Waals surface area contributed by atoms with E-state index in [4.69, 9.17) is 14.7 Å². The van der Waals surface area contributed by atoms with E-state index in [9.17, 15) is 0 Å². The third-order valence-corrected chi connectivity index (χ3v) is 6.21. The molecule has 2 aromatic carbocycles. The molecule has 0 radical (unpaired) electrons. The Labute approximate surface area is 216 Å². The molecule has 0 saturated carbocycles. The Balaban J connectivity index is 1.37. The maximum Gasteiger partial charge on any atom is 0.220 e. The molecule has 5 aromatic rings. The molecular formula is C29H29N7O. The van der Waals surface area contributed by atoms with Crippen LogP contribution in [0.2, 0.25) is 0 Å². The maximum atomic E-state index is 6.31. The SMILES string of the molecule is CCCCc1nc(C)c(Cc2ccccn2)c(OCc2ccc(-c3ccccc3-c3nn[nH]n3)cc2)n1. The third-order valence-electron chi connectivity index (χ3n) is 6.21. The van der Waals surface area contributed by atoms with Crippen LogP contribution in [0.25, 0.3) is 22.5 Å². The first-order valence-corrected chi connectivity index (χ1v) is 12.5. The number of aromatic nitrogens is 7. The molecule has 0 saturated heterocycles. The maximum absolute atomic E-state index is 6.31. The van der Waals surface area contributed by atoms with Gasteiger partial charge in [-0.1, -0.05) is 67.9 Å². The number of nitrogens with zero attached hydrogens (tertiary/aromatic N) is 6. The molecule has 0 aliphatic rings. The first kappa shape index (κ1) is 24.2. The lowest BCUT2D eigenvalue weighted by molar-refractivity contribution is 0.288. The van der Waals surface area contributed by atoms with Gasteiger partial charge in [0.25, 0.3) is 0 Å². The fourth-order valence-electron chi connectivity index (χ4n) is 4.22. The Bertz CT molecular complexity index is 1440. The number of pyridine rings is 1. The molecule has 0 bridgehead atoms. The quantitative estimate of drug-likeness (QED) is 0.274. The van der Waals surface area contributed by atoms with Crippen LogP contribution in [0.15, 0.2) is 72.9 Å². The Morgan fingerprint density at radius 2 is 1.70 bits per heavy atom. The number of nitrogens with one attached hydrogen (secondary N) is 1. The number of hydrogen-bond donors (Lipinski definition) is 1. The second-order valence-corrected chi connectivity index (χ2v) is 8.88. The van der Waals surface area contributed by atoms with Crippen LogP contribution in [0, 0.1) is 6.92 Å². The summed E-state index contributed by atoms with van der Waals surface area (Å²) >= 11 is 0. The minimum absolute atomic E-state index is 0.408. The fraction of sp³-hybridized carbons (Fsp3) is 0.241. The van der Waals surface area contributed by atoms with Crippen LogP contribution in [0.3, 0.4) is 0 Å². The summed E-state index contributed by atoms with van der Waals surface area (Å²) in [6.45, 7) is 4.61. The lowest BCUT2D eigenvalue weighted by Crippen LogP contribution is -2.09. The molecule has 186 valence electrons. The van der Waals surface area contributed by atoms with Crippen LogP contribution >= 0.6 is 0 Å². The molecule has 3 heterocycles. The number of unbranched alkanes of at least 4 members (excludes halogenated alkanes) is 1. The topological polar surface area (TPSA) is 102 Å². The van der Waals surface area contributed by atoms with E-state index in [0.29, 0.717) is 24.7 Å². The van der Waals surface area contributed by atoms with Crippen LogP contribution in [0.4, 0.5) is 0 Å². The van der Waals surface area contributed by atoms with Crippen molar-refractivity contribution in [2.24, 2.45) is 0 Å². The zero-order valence-electron chi connectivity index (χ0n) is 21.1. The van der Waals surface area contributed by atoms with Crippen molar-refractivity contribution in [3.05, 3.63) is 101 Å². The molecule has 0 aliphatic heterocycles. The molecule has 8 heteroatoms. The molecule has 1 N–H and O–H groups in total. The van der Waals surface area contributed by atoms with Crippen LogP contribution in [0.5, 0.6) is 5.88 Å². The Kier molecular flexibility index (Phi) is 7.55. The number of aromatic amines is 1. The van der Waals surface area contributed by atoms with Gasteiger partial charge in [-0.05, 0) is 47.4 Å². The van der Waals surface area contributed by atoms with Gasteiger partial charge >= 0.3 is 0 Å². The first-order chi connectivity index (χ1) is 18.2. The van der Waals surface area contributed by atoms with Crippen LogP contribution in [-0.4, -0.2) is 35.6 Å². The lowest BCUT2D eigenvalue weighted by atomic mass is 9.98. The number of aryl methyl sites for hydroxylation is 2. The van der Waals surface area contributed by atoms with Gasteiger partial charge in [-0.3, -0.25) is 4.98 Å². The van der Waals surface area contributed by atoms with E-state index < -0.39 is 0 Å². The highest BCUT2D eigenvalue weighted by atomic mass is 16.5. The van der Waals surface area contributed by atoms with E-state index in [0.717, 1.165) is 64.3 Å². The number of rotatable bonds is 10. The van der Waals surface area contributed by atoms with Gasteiger partial charge in [0, 0.05) is 41.6 Å². The van der Waals surface area contributed by atoms with E-state index in [1.807, 2.05) is 43.3 Å². The molecule has 0 aliphatic carbocycles. The Morgan fingerprint density at radius 1 is 0.892 bits per heavy atom.